The average Bonchev–Trinajstić information content (AvgIpc) is 1.60. The van der Waals surface area contributed by atoms with Gasteiger partial charge in [-0.05, 0) is 238 Å². The molecule has 0 saturated carbocycles. The first-order chi connectivity index (χ1) is 58.8. The molecular formula is C115H78N4. The molecule has 0 aliphatic heterocycles. The standard InChI is InChI=1S/C47H30.C44H32N2.C24H16N2/c1-47(2)41-25-33(35-19-13-31-11-9-27-5-3-7-29-15-23-39(35)45(31)43(27)29)17-21-37(41)38-22-18-34(26-42(38)47)36-20-14-32-12-10-28-6-4-8-30-16-24-40(36)46(32)44(28)30;1-3-17-37(18-4-1)45(43-23-11-15-35-13-7-9-21-41(35)43)39-29-25-33(26-30-39)34-27-31-40(32-28-34)46(38-19-5-2-6-20-38)44-24-12-16-36-14-8-10-22-42(36)44;1-3-7-17(8-4-1)19-13-15-25-23-21(19)11-12-22-20(14-16-26-24(22)23)18-9-5-2-6-10-18/h3-26H,1-2H3;1-32H;1-16H. The molecule has 0 radical (unpaired) electrons. The fourth-order valence-corrected chi connectivity index (χ4v) is 19.0. The average molecular weight is 1520 g/mol. The van der Waals surface area contributed by atoms with Crippen molar-refractivity contribution in [1.29, 1.82) is 0 Å². The Kier molecular flexibility index (Phi) is 17.2. The molecule has 0 spiro atoms. The Hall–Kier alpha value is -15.4. The van der Waals surface area contributed by atoms with E-state index in [4.69, 9.17) is 0 Å². The maximum absolute atomic E-state index is 4.67. The van der Waals surface area contributed by atoms with Crippen molar-refractivity contribution < 1.29 is 0 Å². The molecule has 23 aromatic rings. The number of nitrogens with zero attached hydrogens (tertiary/aromatic N) is 4. The van der Waals surface area contributed by atoms with E-state index in [1.807, 2.05) is 24.5 Å². The molecule has 2 aromatic heterocycles. The van der Waals surface area contributed by atoms with Crippen molar-refractivity contribution in [3.8, 4) is 66.8 Å². The fraction of sp³-hybridized carbons (Fsp3) is 0.0261. The molecule has 4 heteroatoms. The van der Waals surface area contributed by atoms with Crippen LogP contribution in [0.15, 0.2) is 437 Å². The molecule has 0 saturated heterocycles. The third-order valence-corrected chi connectivity index (χ3v) is 24.8. The largest absolute Gasteiger partial charge is 0.310 e. The molecule has 558 valence electrons. The van der Waals surface area contributed by atoms with Crippen LogP contribution in [0.1, 0.15) is 25.0 Å². The van der Waals surface area contributed by atoms with Gasteiger partial charge in [-0.2, -0.15) is 0 Å². The topological polar surface area (TPSA) is 32.3 Å². The number of aromatic nitrogens is 2. The van der Waals surface area contributed by atoms with Crippen LogP contribution in [0, 0.1) is 0 Å². The second kappa shape index (κ2) is 29.2. The second-order valence-electron chi connectivity index (χ2n) is 31.8. The van der Waals surface area contributed by atoms with E-state index in [0.717, 1.165) is 55.9 Å². The predicted octanol–water partition coefficient (Wildman–Crippen LogP) is 31.8. The number of hydrogen-bond acceptors (Lipinski definition) is 4. The van der Waals surface area contributed by atoms with Crippen molar-refractivity contribution in [3.05, 3.63) is 448 Å². The van der Waals surface area contributed by atoms with E-state index in [1.165, 1.54) is 164 Å². The number of hydrogen-bond donors (Lipinski definition) is 0. The van der Waals surface area contributed by atoms with E-state index < -0.39 is 0 Å². The highest BCUT2D eigenvalue weighted by atomic mass is 15.1. The summed E-state index contributed by atoms with van der Waals surface area (Å²) in [7, 11) is 0. The molecule has 0 bridgehead atoms. The minimum atomic E-state index is -0.121. The Labute approximate surface area is 691 Å². The van der Waals surface area contributed by atoms with Gasteiger partial charge in [-0.1, -0.05) is 354 Å². The summed E-state index contributed by atoms with van der Waals surface area (Å²) < 4.78 is 0. The lowest BCUT2D eigenvalue weighted by Crippen LogP contribution is -2.15. The van der Waals surface area contributed by atoms with E-state index in [1.54, 1.807) is 0 Å². The summed E-state index contributed by atoms with van der Waals surface area (Å²) in [6.45, 7) is 4.80. The van der Waals surface area contributed by atoms with Gasteiger partial charge in [0.2, 0.25) is 0 Å². The highest BCUT2D eigenvalue weighted by Gasteiger charge is 2.36. The molecule has 0 amide bonds. The van der Waals surface area contributed by atoms with Gasteiger partial charge in [-0.3, -0.25) is 9.97 Å². The van der Waals surface area contributed by atoms with Gasteiger partial charge < -0.3 is 9.80 Å². The van der Waals surface area contributed by atoms with Crippen molar-refractivity contribution >= 4 is 142 Å². The second-order valence-corrected chi connectivity index (χ2v) is 31.8. The lowest BCUT2D eigenvalue weighted by molar-refractivity contribution is 0.661. The van der Waals surface area contributed by atoms with Gasteiger partial charge in [0.25, 0.3) is 0 Å². The summed E-state index contributed by atoms with van der Waals surface area (Å²) in [5.41, 5.74) is 26.4. The minimum absolute atomic E-state index is 0.121. The normalized spacial score (nSPS) is 12.2. The van der Waals surface area contributed by atoms with Gasteiger partial charge >= 0.3 is 0 Å². The van der Waals surface area contributed by atoms with Gasteiger partial charge in [0.15, 0.2) is 0 Å². The van der Waals surface area contributed by atoms with Crippen LogP contribution >= 0.6 is 0 Å². The number of rotatable bonds is 11. The summed E-state index contributed by atoms with van der Waals surface area (Å²) in [5.74, 6) is 0. The van der Waals surface area contributed by atoms with Crippen LogP contribution in [0.3, 0.4) is 0 Å². The van der Waals surface area contributed by atoms with Crippen molar-refractivity contribution in [2.75, 3.05) is 9.80 Å². The predicted molar refractivity (Wildman–Crippen MR) is 506 cm³/mol. The van der Waals surface area contributed by atoms with Crippen LogP contribution in [0.4, 0.5) is 34.1 Å². The van der Waals surface area contributed by atoms with Gasteiger partial charge in [0, 0.05) is 62.1 Å². The van der Waals surface area contributed by atoms with E-state index in [2.05, 4.69) is 446 Å². The highest BCUT2D eigenvalue weighted by Crippen LogP contribution is 2.53. The lowest BCUT2D eigenvalue weighted by atomic mass is 9.80. The third-order valence-electron chi connectivity index (χ3n) is 24.8. The number of pyridine rings is 2. The number of fused-ring (bicyclic) bond motifs is 8. The first-order valence-electron chi connectivity index (χ1n) is 41.1. The lowest BCUT2D eigenvalue weighted by Gasteiger charge is -2.27. The van der Waals surface area contributed by atoms with Crippen LogP contribution in [-0.4, -0.2) is 9.97 Å². The highest BCUT2D eigenvalue weighted by molar-refractivity contribution is 6.27. The van der Waals surface area contributed by atoms with Crippen LogP contribution in [0.25, 0.3) is 175 Å². The molecule has 1 aliphatic rings. The summed E-state index contributed by atoms with van der Waals surface area (Å²) in [6, 6.07) is 154. The first kappa shape index (κ1) is 70.3. The first-order valence-corrected chi connectivity index (χ1v) is 41.1. The molecular weight excluding hydrogens is 1440 g/mol. The van der Waals surface area contributed by atoms with Gasteiger partial charge in [0.05, 0.1) is 22.4 Å². The zero-order valence-electron chi connectivity index (χ0n) is 65.9. The molecule has 0 unspecified atom stereocenters. The Morgan fingerprint density at radius 2 is 0.487 bits per heavy atom. The van der Waals surface area contributed by atoms with Crippen LogP contribution in [0.2, 0.25) is 0 Å². The van der Waals surface area contributed by atoms with E-state index >= 15 is 0 Å². The Bertz CT molecular complexity index is 7290. The zero-order valence-corrected chi connectivity index (χ0v) is 65.9. The van der Waals surface area contributed by atoms with Gasteiger partial charge in [-0.25, -0.2) is 0 Å². The Morgan fingerprint density at radius 1 is 0.193 bits per heavy atom. The van der Waals surface area contributed by atoms with Gasteiger partial charge in [-0.15, -0.1) is 0 Å². The van der Waals surface area contributed by atoms with E-state index in [0.29, 0.717) is 0 Å². The molecule has 2 heterocycles. The Morgan fingerprint density at radius 3 is 0.899 bits per heavy atom. The number of para-hydroxylation sites is 2. The van der Waals surface area contributed by atoms with Crippen molar-refractivity contribution in [3.63, 3.8) is 0 Å². The van der Waals surface area contributed by atoms with Crippen LogP contribution < -0.4 is 9.80 Å². The van der Waals surface area contributed by atoms with E-state index in [9.17, 15) is 0 Å². The molecule has 21 aromatic carbocycles. The summed E-state index contributed by atoms with van der Waals surface area (Å²) in [6.07, 6.45) is 3.75. The zero-order chi connectivity index (χ0) is 79.1. The molecule has 119 heavy (non-hydrogen) atoms. The molecule has 1 aliphatic carbocycles. The summed E-state index contributed by atoms with van der Waals surface area (Å²) in [5, 5.41) is 23.2. The Balaban J connectivity index is 0.000000112. The maximum Gasteiger partial charge on any atom is 0.0970 e. The van der Waals surface area contributed by atoms with Crippen molar-refractivity contribution in [1.82, 2.24) is 9.97 Å². The smallest absolute Gasteiger partial charge is 0.0970 e. The SMILES string of the molecule is CC1(C)c2cc(-c3ccc4ccc5cccc6ccc3c4c56)ccc2-c2ccc(-c3ccc4ccc5cccc6ccc3c4c56)cc21.c1ccc(-c2ccnc3c2ccc2c(-c4ccccc4)ccnc23)cc1.c1ccc(N(c2ccc(-c3ccc(N(c4ccccc4)c4cccc5ccccc45)cc3)cc2)c2cccc3ccccc23)cc1. The molecule has 0 fully saturated rings. The number of anilines is 6. The van der Waals surface area contributed by atoms with Crippen LogP contribution in [0.5, 0.6) is 0 Å². The fourth-order valence-electron chi connectivity index (χ4n) is 19.0. The van der Waals surface area contributed by atoms with Crippen molar-refractivity contribution in [2.45, 2.75) is 19.3 Å². The third kappa shape index (κ3) is 12.2. The number of benzene rings is 21. The molecule has 0 N–H and O–H groups in total. The quantitative estimate of drug-likeness (QED) is 0.121. The molecule has 24 rings (SSSR count). The molecule has 4 nitrogen and oxygen atoms in total. The summed E-state index contributed by atoms with van der Waals surface area (Å²) in [4.78, 5) is 14.0. The van der Waals surface area contributed by atoms with Gasteiger partial charge in [0.1, 0.15) is 0 Å². The van der Waals surface area contributed by atoms with Crippen LogP contribution in [-0.2, 0) is 5.41 Å². The van der Waals surface area contributed by atoms with E-state index in [-0.39, 0.29) is 5.41 Å². The van der Waals surface area contributed by atoms with Crippen molar-refractivity contribution in [2.24, 2.45) is 0 Å². The molecule has 0 atom stereocenters. The monoisotopic (exact) mass is 1510 g/mol. The minimum Gasteiger partial charge on any atom is -0.310 e. The maximum atomic E-state index is 4.67. The summed E-state index contributed by atoms with van der Waals surface area (Å²) >= 11 is 0.